The number of rotatable bonds is 4. The predicted octanol–water partition coefficient (Wildman–Crippen LogP) is 2.49. The van der Waals surface area contributed by atoms with Crippen molar-refractivity contribution in [2.24, 2.45) is 0 Å². The molecule has 0 unspecified atom stereocenters. The lowest BCUT2D eigenvalue weighted by Gasteiger charge is -2.12. The highest BCUT2D eigenvalue weighted by Crippen LogP contribution is 2.33. The van der Waals surface area contributed by atoms with Crippen molar-refractivity contribution < 1.29 is 36.6 Å². The molecule has 5 nitrogen and oxygen atoms in total. The maximum absolute atomic E-state index is 13.2. The van der Waals surface area contributed by atoms with Crippen LogP contribution in [0.25, 0.3) is 0 Å². The van der Waals surface area contributed by atoms with E-state index >= 15 is 0 Å². The summed E-state index contributed by atoms with van der Waals surface area (Å²) in [5, 5.41) is 2.25. The number of alkyl halides is 3. The number of carbonyl (C=O) groups excluding carboxylic acids is 2. The molecule has 120 valence electrons. The molecule has 0 radical (unpaired) electrons. The predicted molar refractivity (Wildman–Crippen MR) is 67.1 cm³/mol. The van der Waals surface area contributed by atoms with Crippen LogP contribution in [-0.2, 0) is 25.2 Å². The number of carbonyl (C=O) groups is 2. The molecule has 1 rings (SSSR count). The van der Waals surface area contributed by atoms with Gasteiger partial charge in [0.2, 0.25) is 0 Å². The Hall–Kier alpha value is -2.58. The van der Waals surface area contributed by atoms with Crippen LogP contribution in [-0.4, -0.2) is 26.2 Å². The summed E-state index contributed by atoms with van der Waals surface area (Å²) in [5.41, 5.74) is -2.23. The molecular formula is C13H11F4NO4. The van der Waals surface area contributed by atoms with E-state index in [2.05, 4.69) is 14.8 Å². The summed E-state index contributed by atoms with van der Waals surface area (Å²) in [6.45, 7) is 0. The minimum atomic E-state index is -4.90. The molecule has 1 N–H and O–H groups in total. The van der Waals surface area contributed by atoms with E-state index < -0.39 is 35.2 Å². The van der Waals surface area contributed by atoms with Gasteiger partial charge in [-0.3, -0.25) is 0 Å². The Kier molecular flexibility index (Phi) is 5.50. The van der Waals surface area contributed by atoms with E-state index in [4.69, 9.17) is 0 Å². The van der Waals surface area contributed by atoms with Gasteiger partial charge in [-0.1, -0.05) is 0 Å². The highest BCUT2D eigenvalue weighted by Gasteiger charge is 2.34. The fraction of sp³-hybridized carbons (Fsp3) is 0.231. The fourth-order valence-electron chi connectivity index (χ4n) is 1.41. The van der Waals surface area contributed by atoms with Crippen LogP contribution >= 0.6 is 0 Å². The Morgan fingerprint density at radius 1 is 1.18 bits per heavy atom. The number of halogens is 4. The Labute approximate surface area is 122 Å². The summed E-state index contributed by atoms with van der Waals surface area (Å²) in [7, 11) is 2.06. The molecule has 0 aliphatic heterocycles. The zero-order valence-corrected chi connectivity index (χ0v) is 11.5. The zero-order chi connectivity index (χ0) is 16.9. The molecule has 9 heteroatoms. The molecule has 0 aliphatic rings. The Morgan fingerprint density at radius 2 is 1.82 bits per heavy atom. The van der Waals surface area contributed by atoms with E-state index in [0.717, 1.165) is 20.3 Å². The van der Waals surface area contributed by atoms with Gasteiger partial charge in [0.05, 0.1) is 25.9 Å². The third kappa shape index (κ3) is 4.47. The number of hydrogen-bond donors (Lipinski definition) is 1. The number of anilines is 1. The van der Waals surface area contributed by atoms with Gasteiger partial charge in [-0.25, -0.2) is 14.0 Å². The van der Waals surface area contributed by atoms with E-state index in [1.807, 2.05) is 0 Å². The van der Waals surface area contributed by atoms with Crippen LogP contribution < -0.4 is 5.32 Å². The minimum Gasteiger partial charge on any atom is -0.466 e. The zero-order valence-electron chi connectivity index (χ0n) is 11.5. The van der Waals surface area contributed by atoms with E-state index in [1.54, 1.807) is 0 Å². The fourth-order valence-corrected chi connectivity index (χ4v) is 1.41. The maximum atomic E-state index is 13.2. The standard InChI is InChI=1S/C13H11F4NO4/c1-21-11(19)6-10(12(20)22-2)18-7-3-4-9(14)8(5-7)13(15,16)17/h3-6,18H,1-2H3/b10-6+. The lowest BCUT2D eigenvalue weighted by atomic mass is 10.1. The Balaban J connectivity index is 3.17. The molecule has 0 amide bonds. The van der Waals surface area contributed by atoms with E-state index in [0.29, 0.717) is 18.2 Å². The van der Waals surface area contributed by atoms with Gasteiger partial charge < -0.3 is 14.8 Å². The van der Waals surface area contributed by atoms with Crippen LogP contribution in [0.5, 0.6) is 0 Å². The average molecular weight is 321 g/mol. The SMILES string of the molecule is COC(=O)/C=C(/Nc1ccc(F)c(C(F)(F)F)c1)C(=O)OC. The number of esters is 2. The highest BCUT2D eigenvalue weighted by molar-refractivity contribution is 5.98. The van der Waals surface area contributed by atoms with Crippen LogP contribution in [0.4, 0.5) is 23.2 Å². The number of benzene rings is 1. The van der Waals surface area contributed by atoms with Crippen molar-refractivity contribution >= 4 is 17.6 Å². The van der Waals surface area contributed by atoms with Gasteiger partial charge in [-0.15, -0.1) is 0 Å². The quantitative estimate of drug-likeness (QED) is 0.524. The van der Waals surface area contributed by atoms with Crippen molar-refractivity contribution in [1.82, 2.24) is 0 Å². The van der Waals surface area contributed by atoms with Crippen molar-refractivity contribution in [2.45, 2.75) is 6.18 Å². The molecule has 0 atom stereocenters. The van der Waals surface area contributed by atoms with Crippen LogP contribution in [0, 0.1) is 5.82 Å². The minimum absolute atomic E-state index is 0.255. The highest BCUT2D eigenvalue weighted by atomic mass is 19.4. The first kappa shape index (κ1) is 17.5. The molecule has 0 aromatic heterocycles. The van der Waals surface area contributed by atoms with Crippen LogP contribution in [0.1, 0.15) is 5.56 Å². The molecular weight excluding hydrogens is 310 g/mol. The monoisotopic (exact) mass is 321 g/mol. The third-order valence-electron chi connectivity index (χ3n) is 2.42. The Morgan fingerprint density at radius 3 is 2.32 bits per heavy atom. The molecule has 0 saturated heterocycles. The lowest BCUT2D eigenvalue weighted by Crippen LogP contribution is -2.16. The molecule has 0 aliphatic carbocycles. The van der Waals surface area contributed by atoms with Crippen molar-refractivity contribution in [3.8, 4) is 0 Å². The van der Waals surface area contributed by atoms with E-state index in [9.17, 15) is 27.2 Å². The largest absolute Gasteiger partial charge is 0.466 e. The van der Waals surface area contributed by atoms with Crippen molar-refractivity contribution in [3.05, 3.63) is 41.4 Å². The molecule has 0 saturated carbocycles. The van der Waals surface area contributed by atoms with Crippen molar-refractivity contribution in [3.63, 3.8) is 0 Å². The van der Waals surface area contributed by atoms with Gasteiger partial charge in [0, 0.05) is 5.69 Å². The van der Waals surface area contributed by atoms with E-state index in [-0.39, 0.29) is 5.69 Å². The first-order valence-electron chi connectivity index (χ1n) is 5.70. The van der Waals surface area contributed by atoms with Crippen LogP contribution in [0.3, 0.4) is 0 Å². The summed E-state index contributed by atoms with van der Waals surface area (Å²) in [6, 6.07) is 2.01. The lowest BCUT2D eigenvalue weighted by molar-refractivity contribution is -0.140. The molecule has 0 spiro atoms. The number of ether oxygens (including phenoxy) is 2. The van der Waals surface area contributed by atoms with E-state index in [1.165, 1.54) is 0 Å². The summed E-state index contributed by atoms with van der Waals surface area (Å²) in [4.78, 5) is 22.6. The summed E-state index contributed by atoms with van der Waals surface area (Å²) in [5.74, 6) is -3.40. The molecule has 22 heavy (non-hydrogen) atoms. The molecule has 0 heterocycles. The third-order valence-corrected chi connectivity index (χ3v) is 2.42. The smallest absolute Gasteiger partial charge is 0.419 e. The maximum Gasteiger partial charge on any atom is 0.419 e. The second-order valence-electron chi connectivity index (χ2n) is 3.89. The number of hydrogen-bond acceptors (Lipinski definition) is 5. The number of nitrogens with one attached hydrogen (secondary N) is 1. The van der Waals surface area contributed by atoms with Crippen LogP contribution in [0.2, 0.25) is 0 Å². The second kappa shape index (κ2) is 6.92. The first-order chi connectivity index (χ1) is 10.2. The van der Waals surface area contributed by atoms with Crippen molar-refractivity contribution in [2.75, 3.05) is 19.5 Å². The van der Waals surface area contributed by atoms with Gasteiger partial charge in [0.15, 0.2) is 0 Å². The summed E-state index contributed by atoms with van der Waals surface area (Å²) in [6.07, 6.45) is -4.21. The summed E-state index contributed by atoms with van der Waals surface area (Å²) < 4.78 is 59.7. The summed E-state index contributed by atoms with van der Waals surface area (Å²) >= 11 is 0. The first-order valence-corrected chi connectivity index (χ1v) is 5.70. The van der Waals surface area contributed by atoms with Gasteiger partial charge in [-0.2, -0.15) is 13.2 Å². The van der Waals surface area contributed by atoms with Crippen molar-refractivity contribution in [1.29, 1.82) is 0 Å². The molecule has 0 fully saturated rings. The van der Waals surface area contributed by atoms with Gasteiger partial charge in [0.25, 0.3) is 0 Å². The van der Waals surface area contributed by atoms with Crippen LogP contribution in [0.15, 0.2) is 30.0 Å². The number of methoxy groups -OCH3 is 2. The second-order valence-corrected chi connectivity index (χ2v) is 3.89. The molecule has 1 aromatic carbocycles. The van der Waals surface area contributed by atoms with Gasteiger partial charge >= 0.3 is 18.1 Å². The topological polar surface area (TPSA) is 64.6 Å². The normalized spacial score (nSPS) is 11.8. The average Bonchev–Trinajstić information content (AvgIpc) is 2.46. The van der Waals surface area contributed by atoms with Gasteiger partial charge in [-0.05, 0) is 18.2 Å². The Bertz CT molecular complexity index is 611. The molecule has 0 bridgehead atoms. The van der Waals surface area contributed by atoms with Gasteiger partial charge in [0.1, 0.15) is 11.5 Å². The molecule has 1 aromatic rings.